The van der Waals surface area contributed by atoms with Crippen LogP contribution in [0.25, 0.3) is 0 Å². The first kappa shape index (κ1) is 19.6. The van der Waals surface area contributed by atoms with Gasteiger partial charge < -0.3 is 15.3 Å². The largest absolute Gasteiger partial charge is 0.424 e. The quantitative estimate of drug-likeness (QED) is 0.832. The normalized spacial score (nSPS) is 20.9. The number of halogens is 3. The zero-order valence-electron chi connectivity index (χ0n) is 13.9. The Morgan fingerprint density at radius 2 is 2.16 bits per heavy atom. The molecule has 0 saturated carbocycles. The van der Waals surface area contributed by atoms with Crippen LogP contribution in [-0.2, 0) is 15.2 Å². The Labute approximate surface area is 147 Å². The molecule has 2 unspecified atom stereocenters. The molecule has 1 aliphatic rings. The number of nitrogens with zero attached hydrogens (tertiary/aromatic N) is 2. The van der Waals surface area contributed by atoms with Crippen LogP contribution in [0.1, 0.15) is 30.0 Å². The maximum atomic E-state index is 13.5. The van der Waals surface area contributed by atoms with E-state index in [0.29, 0.717) is 29.9 Å². The van der Waals surface area contributed by atoms with Gasteiger partial charge in [-0.2, -0.15) is 13.2 Å². The number of hydrogen-bond acceptors (Lipinski definition) is 5. The first-order valence-electron chi connectivity index (χ1n) is 7.79. The number of alkyl halides is 3. The van der Waals surface area contributed by atoms with Gasteiger partial charge in [0, 0.05) is 31.2 Å². The summed E-state index contributed by atoms with van der Waals surface area (Å²) in [5, 5.41) is 13.6. The molecule has 140 valence electrons. The molecule has 2 rings (SSSR count). The summed E-state index contributed by atoms with van der Waals surface area (Å²) in [6.45, 7) is 1.82. The fourth-order valence-corrected chi connectivity index (χ4v) is 3.71. The summed E-state index contributed by atoms with van der Waals surface area (Å²) in [4.78, 5) is 29.1. The number of aryl methyl sites for hydroxylation is 1. The topological polar surface area (TPSA) is 82.5 Å². The van der Waals surface area contributed by atoms with E-state index in [4.69, 9.17) is 0 Å². The maximum Gasteiger partial charge on any atom is 0.424 e. The average molecular weight is 379 g/mol. The second kappa shape index (κ2) is 7.28. The molecule has 0 bridgehead atoms. The van der Waals surface area contributed by atoms with E-state index in [1.165, 1.54) is 24.3 Å². The van der Waals surface area contributed by atoms with E-state index in [1.54, 1.807) is 0 Å². The Hall–Kier alpha value is -1.68. The molecular formula is C15H20F3N3O3S. The fourth-order valence-electron chi connectivity index (χ4n) is 2.79. The minimum atomic E-state index is -5.04. The van der Waals surface area contributed by atoms with E-state index < -0.39 is 35.0 Å². The zero-order chi connectivity index (χ0) is 18.8. The second-order valence-corrected chi connectivity index (χ2v) is 6.98. The minimum absolute atomic E-state index is 0.0450. The van der Waals surface area contributed by atoms with Crippen molar-refractivity contribution in [2.24, 2.45) is 5.92 Å². The molecule has 2 N–H and O–H groups in total. The predicted molar refractivity (Wildman–Crippen MR) is 84.8 cm³/mol. The molecule has 1 aromatic heterocycles. The summed E-state index contributed by atoms with van der Waals surface area (Å²) in [5.74, 6) is -1.55. The lowest BCUT2D eigenvalue weighted by atomic mass is 9.94. The van der Waals surface area contributed by atoms with Crippen molar-refractivity contribution in [2.75, 3.05) is 20.1 Å². The summed E-state index contributed by atoms with van der Waals surface area (Å²) in [6, 6.07) is 0. The van der Waals surface area contributed by atoms with Crippen molar-refractivity contribution in [2.45, 2.75) is 38.0 Å². The molecule has 1 aromatic rings. The summed E-state index contributed by atoms with van der Waals surface area (Å²) in [7, 11) is 1.47. The zero-order valence-corrected chi connectivity index (χ0v) is 14.7. The molecule has 25 heavy (non-hydrogen) atoms. The number of nitrogens with one attached hydrogen (secondary N) is 1. The van der Waals surface area contributed by atoms with Crippen molar-refractivity contribution in [3.05, 3.63) is 16.1 Å². The van der Waals surface area contributed by atoms with Gasteiger partial charge in [-0.3, -0.25) is 9.59 Å². The van der Waals surface area contributed by atoms with Crippen LogP contribution in [0.2, 0.25) is 0 Å². The van der Waals surface area contributed by atoms with Crippen LogP contribution >= 0.6 is 11.3 Å². The first-order chi connectivity index (χ1) is 11.6. The fraction of sp³-hybridized carbons (Fsp3) is 0.667. The predicted octanol–water partition coefficient (Wildman–Crippen LogP) is 1.58. The van der Waals surface area contributed by atoms with Gasteiger partial charge in [-0.05, 0) is 19.8 Å². The van der Waals surface area contributed by atoms with Gasteiger partial charge in [-0.15, -0.1) is 11.3 Å². The van der Waals surface area contributed by atoms with E-state index in [-0.39, 0.29) is 19.0 Å². The van der Waals surface area contributed by atoms with Gasteiger partial charge in [-0.25, -0.2) is 4.98 Å². The number of aliphatic hydroxyl groups is 1. The van der Waals surface area contributed by atoms with E-state index in [2.05, 4.69) is 10.3 Å². The molecule has 0 radical (unpaired) electrons. The number of amides is 2. The van der Waals surface area contributed by atoms with Crippen LogP contribution in [0.4, 0.5) is 13.2 Å². The van der Waals surface area contributed by atoms with Gasteiger partial charge in [0.1, 0.15) is 5.01 Å². The van der Waals surface area contributed by atoms with Crippen molar-refractivity contribution in [1.82, 2.24) is 15.2 Å². The molecule has 0 aliphatic carbocycles. The van der Waals surface area contributed by atoms with Gasteiger partial charge in [0.15, 0.2) is 0 Å². The van der Waals surface area contributed by atoms with E-state index in [1.807, 2.05) is 0 Å². The molecule has 0 spiro atoms. The van der Waals surface area contributed by atoms with E-state index in [0.717, 1.165) is 0 Å². The molecule has 1 fully saturated rings. The van der Waals surface area contributed by atoms with Crippen LogP contribution < -0.4 is 5.32 Å². The molecule has 2 amide bonds. The SMILES string of the molecule is CNC(=O)C1CCCN(C(=O)CC(O)(c2nc(C)cs2)C(F)(F)F)C1. The van der Waals surface area contributed by atoms with Crippen LogP contribution in [0.15, 0.2) is 5.38 Å². The third-order valence-electron chi connectivity index (χ3n) is 4.24. The summed E-state index contributed by atoms with van der Waals surface area (Å²) in [5.41, 5.74) is -2.99. The van der Waals surface area contributed by atoms with Crippen molar-refractivity contribution < 1.29 is 27.9 Å². The Morgan fingerprint density at radius 3 is 2.68 bits per heavy atom. The Balaban J connectivity index is 2.19. The van der Waals surface area contributed by atoms with E-state index >= 15 is 0 Å². The molecular weight excluding hydrogens is 359 g/mol. The smallest absolute Gasteiger partial charge is 0.374 e. The van der Waals surface area contributed by atoms with Gasteiger partial charge in [0.05, 0.1) is 12.3 Å². The highest BCUT2D eigenvalue weighted by Crippen LogP contribution is 2.43. The Morgan fingerprint density at radius 1 is 1.48 bits per heavy atom. The lowest BCUT2D eigenvalue weighted by molar-refractivity contribution is -0.268. The highest BCUT2D eigenvalue weighted by atomic mass is 32.1. The number of carbonyl (C=O) groups excluding carboxylic acids is 2. The molecule has 2 atom stereocenters. The molecule has 1 saturated heterocycles. The number of likely N-dealkylation sites (tertiary alicyclic amines) is 1. The molecule has 1 aliphatic heterocycles. The number of carbonyl (C=O) groups is 2. The standard InChI is InChI=1S/C15H20F3N3O3S/c1-9-8-25-13(20-9)14(24,15(16,17)18)6-11(22)21-5-3-4-10(7-21)12(23)19-2/h8,10,24H,3-7H2,1-2H3,(H,19,23). The van der Waals surface area contributed by atoms with Crippen LogP contribution in [-0.4, -0.2) is 53.1 Å². The lowest BCUT2D eigenvalue weighted by Gasteiger charge is -2.35. The van der Waals surface area contributed by atoms with Gasteiger partial charge in [0.25, 0.3) is 0 Å². The minimum Gasteiger partial charge on any atom is -0.374 e. The second-order valence-electron chi connectivity index (χ2n) is 6.12. The summed E-state index contributed by atoms with van der Waals surface area (Å²) in [6.07, 6.45) is -5.10. The van der Waals surface area contributed by atoms with E-state index in [9.17, 15) is 27.9 Å². The molecule has 2 heterocycles. The third kappa shape index (κ3) is 4.12. The van der Waals surface area contributed by atoms with Crippen molar-refractivity contribution in [3.8, 4) is 0 Å². The van der Waals surface area contributed by atoms with Crippen LogP contribution in [0.5, 0.6) is 0 Å². The molecule has 10 heteroatoms. The molecule has 6 nitrogen and oxygen atoms in total. The van der Waals surface area contributed by atoms with Gasteiger partial charge >= 0.3 is 6.18 Å². The number of thiazole rings is 1. The Kier molecular flexibility index (Phi) is 5.72. The van der Waals surface area contributed by atoms with Crippen LogP contribution in [0.3, 0.4) is 0 Å². The number of aromatic nitrogens is 1. The monoisotopic (exact) mass is 379 g/mol. The van der Waals surface area contributed by atoms with Crippen molar-refractivity contribution >= 4 is 23.2 Å². The highest BCUT2D eigenvalue weighted by molar-refractivity contribution is 7.09. The van der Waals surface area contributed by atoms with Gasteiger partial charge in [0.2, 0.25) is 17.4 Å². The first-order valence-corrected chi connectivity index (χ1v) is 8.67. The summed E-state index contributed by atoms with van der Waals surface area (Å²) >= 11 is 0.665. The maximum absolute atomic E-state index is 13.5. The number of hydrogen-bond donors (Lipinski definition) is 2. The lowest BCUT2D eigenvalue weighted by Crippen LogP contribution is -2.50. The number of piperidine rings is 1. The Bertz CT molecular complexity index is 649. The van der Waals surface area contributed by atoms with Crippen LogP contribution in [0, 0.1) is 12.8 Å². The highest BCUT2D eigenvalue weighted by Gasteiger charge is 2.58. The average Bonchev–Trinajstić information content (AvgIpc) is 3.00. The van der Waals surface area contributed by atoms with Crippen molar-refractivity contribution in [1.29, 1.82) is 0 Å². The van der Waals surface area contributed by atoms with Crippen molar-refractivity contribution in [3.63, 3.8) is 0 Å². The number of rotatable bonds is 4. The summed E-state index contributed by atoms with van der Waals surface area (Å²) < 4.78 is 40.4. The third-order valence-corrected chi connectivity index (χ3v) is 5.35. The van der Waals surface area contributed by atoms with Gasteiger partial charge in [-0.1, -0.05) is 0 Å². The molecule has 0 aromatic carbocycles.